The molecule has 0 atom stereocenters. The summed E-state index contributed by atoms with van der Waals surface area (Å²) in [5, 5.41) is 8.27. The van der Waals surface area contributed by atoms with Crippen molar-refractivity contribution in [2.24, 2.45) is 0 Å². The molecule has 6 nitrogen and oxygen atoms in total. The van der Waals surface area contributed by atoms with Crippen LogP contribution in [0.2, 0.25) is 0 Å². The SMILES string of the molecule is CC.CC.CC.CC.CC.CC.c1ccc(-c2cc(-c3ccccc3)ncn2)cc1.c1ccc(-c2cncc(-c3ccccc3)n2)cc1.c1ccc(-c2cnnc(-c3ccccc3)c2)cc1. The van der Waals surface area contributed by atoms with E-state index in [1.165, 1.54) is 0 Å². The van der Waals surface area contributed by atoms with E-state index in [-0.39, 0.29) is 0 Å². The van der Waals surface area contributed by atoms with Gasteiger partial charge in [0.15, 0.2) is 0 Å². The Balaban J connectivity index is 0.000000443. The smallest absolute Gasteiger partial charge is 0.116 e. The van der Waals surface area contributed by atoms with Crippen LogP contribution in [0.25, 0.3) is 67.4 Å². The summed E-state index contributed by atoms with van der Waals surface area (Å²) in [6.45, 7) is 24.0. The standard InChI is InChI=1S/3C16H12N2.6C2H6/c1-3-7-13(8-4-1)15-11-17-12-16(18-15)14-9-5-2-6-10-14;1-3-7-13(8-4-1)15-11-16(18-12-17-15)14-9-5-2-6-10-14;1-3-7-13(8-4-1)15-11-16(18-17-12-15)14-9-5-2-6-10-14;6*1-2/h3*1-12H;6*1-2H3. The Hall–Kier alpha value is -7.44. The number of rotatable bonds is 6. The molecular weight excluding hydrogens is 805 g/mol. The van der Waals surface area contributed by atoms with Gasteiger partial charge in [-0.2, -0.15) is 10.2 Å². The number of aromatic nitrogens is 6. The fourth-order valence-corrected chi connectivity index (χ4v) is 5.66. The lowest BCUT2D eigenvalue weighted by atomic mass is 10.1. The Labute approximate surface area is 398 Å². The molecule has 6 heteroatoms. The van der Waals surface area contributed by atoms with E-state index >= 15 is 0 Å². The summed E-state index contributed by atoms with van der Waals surface area (Å²) in [7, 11) is 0. The lowest BCUT2D eigenvalue weighted by molar-refractivity contribution is 1.04. The van der Waals surface area contributed by atoms with Crippen molar-refractivity contribution < 1.29 is 0 Å². The molecule has 6 aromatic carbocycles. The fraction of sp³-hybridized carbons (Fsp3) is 0.200. The van der Waals surface area contributed by atoms with Crippen LogP contribution in [0.3, 0.4) is 0 Å². The lowest BCUT2D eigenvalue weighted by Crippen LogP contribution is -1.89. The van der Waals surface area contributed by atoms with E-state index < -0.39 is 0 Å². The molecular formula is C60H72N6. The summed E-state index contributed by atoms with van der Waals surface area (Å²) in [4.78, 5) is 17.6. The summed E-state index contributed by atoms with van der Waals surface area (Å²) < 4.78 is 0. The molecule has 3 aromatic heterocycles. The summed E-state index contributed by atoms with van der Waals surface area (Å²) in [6.07, 6.45) is 7.00. The fourth-order valence-electron chi connectivity index (χ4n) is 5.66. The van der Waals surface area contributed by atoms with E-state index in [1.54, 1.807) is 24.9 Å². The highest BCUT2D eigenvalue weighted by atomic mass is 15.1. The molecule has 0 radical (unpaired) electrons. The third-order valence-electron chi connectivity index (χ3n) is 8.41. The van der Waals surface area contributed by atoms with E-state index in [0.29, 0.717) is 0 Å². The first-order valence-electron chi connectivity index (χ1n) is 23.6. The third kappa shape index (κ3) is 19.5. The highest BCUT2D eigenvalue weighted by Gasteiger charge is 2.05. The van der Waals surface area contributed by atoms with Crippen LogP contribution >= 0.6 is 0 Å². The minimum absolute atomic E-state index is 0.900. The van der Waals surface area contributed by atoms with Crippen molar-refractivity contribution in [2.45, 2.75) is 83.1 Å². The van der Waals surface area contributed by atoms with Crippen molar-refractivity contribution in [1.82, 2.24) is 30.1 Å². The normalized spacial score (nSPS) is 8.91. The zero-order valence-corrected chi connectivity index (χ0v) is 41.5. The predicted molar refractivity (Wildman–Crippen MR) is 287 cm³/mol. The maximum atomic E-state index is 4.65. The molecule has 0 bridgehead atoms. The van der Waals surface area contributed by atoms with Gasteiger partial charge in [0.1, 0.15) is 6.33 Å². The van der Waals surface area contributed by atoms with Gasteiger partial charge in [0, 0.05) is 33.4 Å². The first-order chi connectivity index (χ1) is 32.8. The predicted octanol–water partition coefficient (Wildman–Crippen LogP) is 17.6. The molecule has 0 spiro atoms. The van der Waals surface area contributed by atoms with Crippen LogP contribution in [0.5, 0.6) is 0 Å². The zero-order chi connectivity index (χ0) is 48.6. The van der Waals surface area contributed by atoms with Crippen LogP contribution < -0.4 is 0 Å². The highest BCUT2D eigenvalue weighted by molar-refractivity contribution is 5.70. The quantitative estimate of drug-likeness (QED) is 0.166. The van der Waals surface area contributed by atoms with Gasteiger partial charge in [0.05, 0.1) is 47.1 Å². The van der Waals surface area contributed by atoms with Crippen molar-refractivity contribution >= 4 is 0 Å². The van der Waals surface area contributed by atoms with Crippen LogP contribution in [0.15, 0.2) is 219 Å². The van der Waals surface area contributed by atoms with E-state index in [4.69, 9.17) is 0 Å². The van der Waals surface area contributed by atoms with Crippen LogP contribution in [-0.2, 0) is 0 Å². The maximum absolute atomic E-state index is 4.65. The molecule has 0 unspecified atom stereocenters. The van der Waals surface area contributed by atoms with Gasteiger partial charge < -0.3 is 0 Å². The molecule has 0 saturated carbocycles. The van der Waals surface area contributed by atoms with E-state index in [1.807, 2.05) is 235 Å². The Morgan fingerprint density at radius 1 is 0.258 bits per heavy atom. The highest BCUT2D eigenvalue weighted by Crippen LogP contribution is 2.24. The molecule has 3 heterocycles. The monoisotopic (exact) mass is 877 g/mol. The van der Waals surface area contributed by atoms with Crippen LogP contribution in [-0.4, -0.2) is 30.1 Å². The van der Waals surface area contributed by atoms with E-state index in [2.05, 4.69) is 72.6 Å². The molecule has 0 aliphatic heterocycles. The molecule has 0 aliphatic rings. The van der Waals surface area contributed by atoms with Gasteiger partial charge >= 0.3 is 0 Å². The maximum Gasteiger partial charge on any atom is 0.116 e. The van der Waals surface area contributed by atoms with E-state index in [0.717, 1.165) is 67.4 Å². The topological polar surface area (TPSA) is 77.3 Å². The molecule has 66 heavy (non-hydrogen) atoms. The molecule has 0 amide bonds. The van der Waals surface area contributed by atoms with Gasteiger partial charge in [0.2, 0.25) is 0 Å². The van der Waals surface area contributed by atoms with Crippen LogP contribution in [0, 0.1) is 0 Å². The Kier molecular flexibility index (Phi) is 31.7. The van der Waals surface area contributed by atoms with Crippen molar-refractivity contribution in [3.8, 4) is 67.4 Å². The summed E-state index contributed by atoms with van der Waals surface area (Å²) >= 11 is 0. The largest absolute Gasteiger partial charge is 0.260 e. The second-order valence-corrected chi connectivity index (χ2v) is 12.1. The Morgan fingerprint density at radius 2 is 0.545 bits per heavy atom. The van der Waals surface area contributed by atoms with Gasteiger partial charge in [-0.1, -0.05) is 265 Å². The second kappa shape index (κ2) is 37.0. The van der Waals surface area contributed by atoms with Crippen LogP contribution in [0.4, 0.5) is 0 Å². The molecule has 0 aliphatic carbocycles. The van der Waals surface area contributed by atoms with Crippen molar-refractivity contribution in [3.63, 3.8) is 0 Å². The van der Waals surface area contributed by atoms with Crippen molar-refractivity contribution in [2.75, 3.05) is 0 Å². The van der Waals surface area contributed by atoms with Gasteiger partial charge in [-0.15, -0.1) is 0 Å². The first kappa shape index (κ1) is 56.6. The number of nitrogens with zero attached hydrogens (tertiary/aromatic N) is 6. The number of benzene rings is 6. The number of hydrogen-bond donors (Lipinski definition) is 0. The molecule has 9 aromatic rings. The minimum Gasteiger partial charge on any atom is -0.260 e. The molecule has 342 valence electrons. The molecule has 0 saturated heterocycles. The summed E-state index contributed by atoms with van der Waals surface area (Å²) in [5.41, 5.74) is 12.3. The van der Waals surface area contributed by atoms with E-state index in [9.17, 15) is 0 Å². The molecule has 9 rings (SSSR count). The Morgan fingerprint density at radius 3 is 0.879 bits per heavy atom. The first-order valence-corrected chi connectivity index (χ1v) is 23.6. The van der Waals surface area contributed by atoms with Crippen molar-refractivity contribution in [3.05, 3.63) is 219 Å². The van der Waals surface area contributed by atoms with Gasteiger partial charge in [-0.3, -0.25) is 4.98 Å². The molecule has 0 fully saturated rings. The average Bonchev–Trinajstić information content (AvgIpc) is 3.46. The zero-order valence-electron chi connectivity index (χ0n) is 41.5. The lowest BCUT2D eigenvalue weighted by Gasteiger charge is -2.04. The molecule has 0 N–H and O–H groups in total. The van der Waals surface area contributed by atoms with Crippen LogP contribution in [0.1, 0.15) is 83.1 Å². The van der Waals surface area contributed by atoms with Gasteiger partial charge in [0.25, 0.3) is 0 Å². The summed E-state index contributed by atoms with van der Waals surface area (Å²) in [6, 6.07) is 64.8. The third-order valence-corrected chi connectivity index (χ3v) is 8.41. The summed E-state index contributed by atoms with van der Waals surface area (Å²) in [5.74, 6) is 0. The van der Waals surface area contributed by atoms with Gasteiger partial charge in [-0.05, 0) is 17.7 Å². The second-order valence-electron chi connectivity index (χ2n) is 12.1. The van der Waals surface area contributed by atoms with Crippen molar-refractivity contribution in [1.29, 1.82) is 0 Å². The van der Waals surface area contributed by atoms with Gasteiger partial charge in [-0.25, -0.2) is 15.0 Å². The Bertz CT molecular complexity index is 2020. The minimum atomic E-state index is 0.900. The number of hydrogen-bond acceptors (Lipinski definition) is 6. The average molecular weight is 877 g/mol.